The number of carbonyl (C=O) groups is 5. The lowest BCUT2D eigenvalue weighted by Crippen LogP contribution is -2.14. The molecule has 0 saturated heterocycles. The van der Waals surface area contributed by atoms with Crippen LogP contribution in [0, 0.1) is 31.3 Å². The number of ketones is 1. The number of rotatable bonds is 36. The zero-order valence-electron chi connectivity index (χ0n) is 66.6. The highest BCUT2D eigenvalue weighted by atomic mass is 127. The molecule has 14 heteroatoms. The van der Waals surface area contributed by atoms with Gasteiger partial charge in [0.25, 0.3) is 0 Å². The second-order valence-electron chi connectivity index (χ2n) is 28.0. The van der Waals surface area contributed by atoms with Crippen molar-refractivity contribution in [3.63, 3.8) is 0 Å². The number of halogens is 1. The molecule has 0 radical (unpaired) electrons. The Morgan fingerprint density at radius 3 is 1.10 bits per heavy atom. The Kier molecular flexibility index (Phi) is 37.3. The number of carbonyl (C=O) groups excluding carboxylic acids is 5. The van der Waals surface area contributed by atoms with Gasteiger partial charge < -0.3 is 38.3 Å². The van der Waals surface area contributed by atoms with E-state index in [1.807, 2.05) is 258 Å². The van der Waals surface area contributed by atoms with Gasteiger partial charge in [0.15, 0.2) is 12.1 Å². The third-order valence-corrected chi connectivity index (χ3v) is 19.6. The molecule has 0 saturated carbocycles. The predicted molar refractivity (Wildman–Crippen MR) is 458 cm³/mol. The van der Waals surface area contributed by atoms with Crippen LogP contribution in [0.25, 0.3) is 0 Å². The van der Waals surface area contributed by atoms with E-state index in [2.05, 4.69) is 49.4 Å². The van der Waals surface area contributed by atoms with Gasteiger partial charge in [0.2, 0.25) is 0 Å². The number of unbranched alkanes of at least 4 members (excludes halogenated alkanes) is 6. The molecule has 0 bridgehead atoms. The van der Waals surface area contributed by atoms with Crippen molar-refractivity contribution in [3.8, 4) is 23.0 Å². The summed E-state index contributed by atoms with van der Waals surface area (Å²) in [5, 5.41) is 10.4. The minimum Gasteiger partial charge on any atom is -0.507 e. The number of benzene rings is 11. The Hall–Kier alpha value is -10.9. The minimum absolute atomic E-state index is 0.0696. The normalized spacial score (nSPS) is 10.6. The second-order valence-corrected chi connectivity index (χ2v) is 29.1. The lowest BCUT2D eigenvalue weighted by molar-refractivity contribution is 0.0455. The molecular weight excluding hydrogens is 1520 g/mol. The van der Waals surface area contributed by atoms with E-state index in [1.165, 1.54) is 6.92 Å². The van der Waals surface area contributed by atoms with Crippen molar-refractivity contribution in [1.82, 2.24) is 0 Å². The zero-order valence-corrected chi connectivity index (χ0v) is 68.8. The topological polar surface area (TPSA) is 170 Å². The molecule has 0 aliphatic heterocycles. The fourth-order valence-electron chi connectivity index (χ4n) is 12.9. The van der Waals surface area contributed by atoms with Crippen LogP contribution >= 0.6 is 22.6 Å². The summed E-state index contributed by atoms with van der Waals surface area (Å²) in [5.41, 5.74) is 16.7. The summed E-state index contributed by atoms with van der Waals surface area (Å²) in [5.74, 6) is 0.669. The van der Waals surface area contributed by atoms with Crippen molar-refractivity contribution in [2.45, 2.75) is 185 Å². The number of aldehydes is 1. The summed E-state index contributed by atoms with van der Waals surface area (Å²) in [6, 6.07) is 80.2. The molecule has 1 N–H and O–H groups in total. The molecule has 588 valence electrons. The molecule has 0 aliphatic rings. The van der Waals surface area contributed by atoms with E-state index in [4.69, 9.17) is 33.2 Å². The molecule has 0 aromatic heterocycles. The molecule has 113 heavy (non-hydrogen) atoms. The van der Waals surface area contributed by atoms with Gasteiger partial charge in [0.1, 0.15) is 73.8 Å². The van der Waals surface area contributed by atoms with Gasteiger partial charge in [-0.05, 0) is 198 Å². The predicted octanol–water partition coefficient (Wildman–Crippen LogP) is 24.0. The van der Waals surface area contributed by atoms with Gasteiger partial charge in [-0.15, -0.1) is 0 Å². The van der Waals surface area contributed by atoms with E-state index < -0.39 is 5.97 Å². The Balaban J connectivity index is 0.000000190. The standard InChI is InChI=1S/C28H30O4.C27H30O3.C23H21IO3.C21H26O3/c1-3-4-7-16-24-25(18-29)21(2)17-26(31-19-22-12-8-5-9-13-22)27(24)28(30)32-20-23-14-10-6-11-15-23;1-3-4-7-16-24-17-21(2)18-25(29-19-22-12-8-5-9-13-22)26(24)27(28)30-20-23-14-10-6-11-15-23;1-17-12-20(16-26-14-18-8-4-2-5-9-18)22(21(24)13-17)23(25)27-15-19-10-6-3-7-11-19;1-4-5-7-12-18-20(16(3)22)19(13-15(2)21(18)23)24-14-17-10-8-6-9-11-17/h5-6,8-15,17-18H,3-4,7,16,19-20H2,1-2H3;5-6,8-15,17-18H,3-4,7,16,19-20H2,1-2H3;2-13H,14-16H2,1H3;6,8-11,13,23H,4-5,7,12,14H2,1-3H3. The minimum atomic E-state index is -0.466. The van der Waals surface area contributed by atoms with Crippen LogP contribution in [0.4, 0.5) is 0 Å². The van der Waals surface area contributed by atoms with Crippen LogP contribution in [0.5, 0.6) is 23.0 Å². The Labute approximate surface area is 682 Å². The summed E-state index contributed by atoms with van der Waals surface area (Å²) in [7, 11) is 0. The van der Waals surface area contributed by atoms with Crippen molar-refractivity contribution < 1.29 is 62.2 Å². The van der Waals surface area contributed by atoms with Crippen molar-refractivity contribution in [2.24, 2.45) is 0 Å². The molecule has 0 fully saturated rings. The van der Waals surface area contributed by atoms with Crippen LogP contribution < -0.4 is 14.2 Å². The molecule has 0 heterocycles. The number of phenols is 1. The Morgan fingerprint density at radius 1 is 0.354 bits per heavy atom. The van der Waals surface area contributed by atoms with Crippen LogP contribution in [0.1, 0.15) is 221 Å². The fourth-order valence-corrected chi connectivity index (χ4v) is 13.9. The SMILES string of the molecule is CCCCCc1c(C=O)c(C)cc(OCc2ccccc2)c1C(=O)OCc1ccccc1.CCCCCc1c(O)c(C)cc(OCc2ccccc2)c1C(C)=O.CCCCCc1cc(C)cc(OCc2ccccc2)c1C(=O)OCc1ccccc1.Cc1cc(I)c(C(=O)OCc2ccccc2)c(COCc2ccccc2)c1. The monoisotopic (exact) mass is 1630 g/mol. The number of ether oxygens (including phenoxy) is 7. The van der Waals surface area contributed by atoms with Gasteiger partial charge in [-0.3, -0.25) is 9.59 Å². The maximum Gasteiger partial charge on any atom is 0.342 e. The van der Waals surface area contributed by atoms with Crippen molar-refractivity contribution in [3.05, 3.63) is 364 Å². The highest BCUT2D eigenvalue weighted by Gasteiger charge is 2.26. The number of phenolic OH excluding ortho intramolecular Hbond substituents is 1. The third-order valence-electron chi connectivity index (χ3n) is 18.8. The number of hydrogen-bond donors (Lipinski definition) is 1. The van der Waals surface area contributed by atoms with Crippen molar-refractivity contribution in [1.29, 1.82) is 0 Å². The van der Waals surface area contributed by atoms with E-state index in [9.17, 15) is 29.1 Å². The summed E-state index contributed by atoms with van der Waals surface area (Å²) in [6.45, 7) is 18.4. The Bertz CT molecular complexity index is 4750. The van der Waals surface area contributed by atoms with Gasteiger partial charge >= 0.3 is 17.9 Å². The van der Waals surface area contributed by atoms with Crippen LogP contribution in [-0.4, -0.2) is 35.1 Å². The fraction of sp³-hybridized carbons (Fsp3) is 0.283. The maximum absolute atomic E-state index is 13.3. The number of Topliss-reactive ketones (excluding diaryl/α,β-unsaturated/α-hetero) is 1. The molecule has 0 atom stereocenters. The summed E-state index contributed by atoms with van der Waals surface area (Å²) in [4.78, 5) is 63.2. The van der Waals surface area contributed by atoms with Crippen LogP contribution in [0.15, 0.2) is 249 Å². The number of aryl methyl sites for hydroxylation is 5. The van der Waals surface area contributed by atoms with Gasteiger partial charge in [-0.25, -0.2) is 14.4 Å². The molecule has 0 aliphatic carbocycles. The number of esters is 3. The summed E-state index contributed by atoms with van der Waals surface area (Å²) >= 11 is 2.19. The van der Waals surface area contributed by atoms with Gasteiger partial charge in [-0.2, -0.15) is 0 Å². The van der Waals surface area contributed by atoms with Crippen molar-refractivity contribution >= 4 is 52.6 Å². The summed E-state index contributed by atoms with van der Waals surface area (Å²) in [6.07, 6.45) is 12.4. The molecule has 0 spiro atoms. The lowest BCUT2D eigenvalue weighted by atomic mass is 9.92. The smallest absolute Gasteiger partial charge is 0.342 e. The lowest BCUT2D eigenvalue weighted by Gasteiger charge is -2.19. The molecule has 11 rings (SSSR count). The molecular formula is C99H107IO13. The van der Waals surface area contributed by atoms with E-state index >= 15 is 0 Å². The first kappa shape index (κ1) is 87.6. The highest BCUT2D eigenvalue weighted by molar-refractivity contribution is 14.1. The van der Waals surface area contributed by atoms with E-state index in [1.54, 1.807) is 12.1 Å². The zero-order chi connectivity index (χ0) is 80.5. The quantitative estimate of drug-likeness (QED) is 0.00984. The molecule has 0 amide bonds. The molecule has 11 aromatic carbocycles. The van der Waals surface area contributed by atoms with Crippen LogP contribution in [0.3, 0.4) is 0 Å². The van der Waals surface area contributed by atoms with E-state index in [0.29, 0.717) is 90.9 Å². The Morgan fingerprint density at radius 2 is 0.690 bits per heavy atom. The highest BCUT2D eigenvalue weighted by Crippen LogP contribution is 2.37. The van der Waals surface area contributed by atoms with Gasteiger partial charge in [0.05, 0.1) is 24.3 Å². The van der Waals surface area contributed by atoms with Gasteiger partial charge in [0, 0.05) is 14.7 Å². The third kappa shape index (κ3) is 28.6. The van der Waals surface area contributed by atoms with Crippen molar-refractivity contribution in [2.75, 3.05) is 0 Å². The molecule has 13 nitrogen and oxygen atoms in total. The first-order valence-electron chi connectivity index (χ1n) is 39.1. The van der Waals surface area contributed by atoms with Gasteiger partial charge in [-0.1, -0.05) is 284 Å². The number of hydrogen-bond acceptors (Lipinski definition) is 13. The molecule has 11 aromatic rings. The maximum atomic E-state index is 13.3. The number of aromatic hydroxyl groups is 1. The largest absolute Gasteiger partial charge is 0.507 e. The first-order valence-corrected chi connectivity index (χ1v) is 40.2. The average Bonchev–Trinajstić information content (AvgIpc) is 0.856. The van der Waals surface area contributed by atoms with E-state index in [0.717, 1.165) is 158 Å². The second kappa shape index (κ2) is 48.1. The van der Waals surface area contributed by atoms with E-state index in [-0.39, 0.29) is 43.3 Å². The van der Waals surface area contributed by atoms with Crippen LogP contribution in [0.2, 0.25) is 0 Å². The van der Waals surface area contributed by atoms with Crippen LogP contribution in [-0.2, 0) is 91.1 Å². The first-order chi connectivity index (χ1) is 55.0. The molecule has 0 unspecified atom stereocenters. The average molecular weight is 1630 g/mol. The summed E-state index contributed by atoms with van der Waals surface area (Å²) < 4.78 is 41.8.